The molecule has 4 nitrogen and oxygen atoms in total. The topological polar surface area (TPSA) is 47.3 Å². The van der Waals surface area contributed by atoms with Crippen LogP contribution in [0.1, 0.15) is 19.2 Å². The molecule has 0 saturated heterocycles. The molecule has 1 N–H and O–H groups in total. The van der Waals surface area contributed by atoms with E-state index in [0.29, 0.717) is 18.9 Å². The van der Waals surface area contributed by atoms with Crippen LogP contribution in [0, 0.1) is 0 Å². The number of ether oxygens (including phenoxy) is 1. The number of thiol groups is 1. The van der Waals surface area contributed by atoms with Gasteiger partial charge in [-0.1, -0.05) is 6.92 Å². The van der Waals surface area contributed by atoms with E-state index < -0.39 is 0 Å². The van der Waals surface area contributed by atoms with Crippen LogP contribution >= 0.6 is 12.6 Å². The minimum atomic E-state index is 0.0975. The number of aliphatic hydroxyl groups is 1. The first-order chi connectivity index (χ1) is 8.80. The Kier molecular flexibility index (Phi) is 4.49. The van der Waals surface area contributed by atoms with E-state index in [1.807, 2.05) is 22.8 Å². The first-order valence-corrected chi connectivity index (χ1v) is 6.77. The normalized spacial score (nSPS) is 11.1. The molecular formula is C13H18N2O2S. The molecule has 0 unspecified atom stereocenters. The van der Waals surface area contributed by atoms with Gasteiger partial charge in [0.05, 0.1) is 24.2 Å². The number of nitrogens with zero attached hydrogens (tertiary/aromatic N) is 2. The van der Waals surface area contributed by atoms with E-state index >= 15 is 0 Å². The van der Waals surface area contributed by atoms with Crippen molar-refractivity contribution in [2.24, 2.45) is 0 Å². The van der Waals surface area contributed by atoms with E-state index in [4.69, 9.17) is 9.84 Å². The van der Waals surface area contributed by atoms with Gasteiger partial charge in [0.15, 0.2) is 0 Å². The predicted octanol–water partition coefficient (Wildman–Crippen LogP) is 2.25. The van der Waals surface area contributed by atoms with E-state index in [1.165, 1.54) is 0 Å². The van der Waals surface area contributed by atoms with Crippen molar-refractivity contribution in [3.8, 4) is 5.75 Å². The van der Waals surface area contributed by atoms with Crippen molar-refractivity contribution < 1.29 is 9.84 Å². The van der Waals surface area contributed by atoms with Crippen molar-refractivity contribution in [2.75, 3.05) is 13.2 Å². The Morgan fingerprint density at radius 2 is 2.28 bits per heavy atom. The first kappa shape index (κ1) is 13.2. The molecule has 0 aliphatic carbocycles. The van der Waals surface area contributed by atoms with Crippen LogP contribution in [0.3, 0.4) is 0 Å². The summed E-state index contributed by atoms with van der Waals surface area (Å²) >= 11 is 4.27. The number of aliphatic hydroxyl groups excluding tert-OH is 1. The molecule has 18 heavy (non-hydrogen) atoms. The van der Waals surface area contributed by atoms with Gasteiger partial charge in [0.1, 0.15) is 11.6 Å². The Hall–Kier alpha value is -1.20. The Labute approximate surface area is 112 Å². The predicted molar refractivity (Wildman–Crippen MR) is 75.3 cm³/mol. The lowest BCUT2D eigenvalue weighted by atomic mass is 10.3. The van der Waals surface area contributed by atoms with Crippen molar-refractivity contribution in [2.45, 2.75) is 25.6 Å². The van der Waals surface area contributed by atoms with Gasteiger partial charge in [-0.2, -0.15) is 12.6 Å². The number of fused-ring (bicyclic) bond motifs is 1. The number of hydrogen-bond donors (Lipinski definition) is 2. The molecule has 0 spiro atoms. The molecule has 0 aliphatic rings. The molecule has 1 aromatic heterocycles. The lowest BCUT2D eigenvalue weighted by Crippen LogP contribution is -2.05. The first-order valence-electron chi connectivity index (χ1n) is 6.13. The summed E-state index contributed by atoms with van der Waals surface area (Å²) in [6, 6.07) is 5.86. The molecule has 0 atom stereocenters. The summed E-state index contributed by atoms with van der Waals surface area (Å²) in [6.45, 7) is 3.43. The summed E-state index contributed by atoms with van der Waals surface area (Å²) in [7, 11) is 0. The van der Waals surface area contributed by atoms with Crippen LogP contribution in [0.25, 0.3) is 11.0 Å². The van der Waals surface area contributed by atoms with Gasteiger partial charge in [-0.3, -0.25) is 0 Å². The minimum absolute atomic E-state index is 0.0975. The summed E-state index contributed by atoms with van der Waals surface area (Å²) in [5.74, 6) is 2.26. The van der Waals surface area contributed by atoms with Crippen LogP contribution in [0.2, 0.25) is 0 Å². The summed E-state index contributed by atoms with van der Waals surface area (Å²) < 4.78 is 7.58. The fourth-order valence-corrected chi connectivity index (χ4v) is 2.18. The lowest BCUT2D eigenvalue weighted by molar-refractivity contribution is 0.276. The number of hydrogen-bond acceptors (Lipinski definition) is 4. The molecule has 0 bridgehead atoms. The third-order valence-electron chi connectivity index (χ3n) is 2.74. The summed E-state index contributed by atoms with van der Waals surface area (Å²) in [5, 5.41) is 9.09. The van der Waals surface area contributed by atoms with Gasteiger partial charge >= 0.3 is 0 Å². The van der Waals surface area contributed by atoms with Crippen LogP contribution in [0.5, 0.6) is 5.75 Å². The molecule has 1 aromatic carbocycles. The van der Waals surface area contributed by atoms with Gasteiger partial charge in [0.2, 0.25) is 0 Å². The Bertz CT molecular complexity index is 525. The van der Waals surface area contributed by atoms with Gasteiger partial charge in [0.25, 0.3) is 0 Å². The van der Waals surface area contributed by atoms with Crippen molar-refractivity contribution in [1.82, 2.24) is 9.55 Å². The van der Waals surface area contributed by atoms with Crippen LogP contribution in [-0.2, 0) is 12.3 Å². The quantitative estimate of drug-likeness (QED) is 0.788. The molecule has 0 saturated carbocycles. The highest BCUT2D eigenvalue weighted by molar-refractivity contribution is 7.79. The SMILES string of the molecule is CCCOc1ccc2c(c1)nc(CS)n2CCO. The zero-order valence-corrected chi connectivity index (χ0v) is 11.4. The number of rotatable bonds is 6. The number of aromatic nitrogens is 2. The highest BCUT2D eigenvalue weighted by atomic mass is 32.1. The average molecular weight is 266 g/mol. The highest BCUT2D eigenvalue weighted by Crippen LogP contribution is 2.22. The molecule has 5 heteroatoms. The zero-order chi connectivity index (χ0) is 13.0. The van der Waals surface area contributed by atoms with Gasteiger partial charge in [-0.25, -0.2) is 4.98 Å². The average Bonchev–Trinajstić information content (AvgIpc) is 2.74. The van der Waals surface area contributed by atoms with E-state index in [-0.39, 0.29) is 6.61 Å². The third-order valence-corrected chi connectivity index (χ3v) is 3.02. The molecule has 2 aromatic rings. The van der Waals surface area contributed by atoms with Crippen molar-refractivity contribution in [3.63, 3.8) is 0 Å². The maximum absolute atomic E-state index is 9.09. The summed E-state index contributed by atoms with van der Waals surface area (Å²) in [4.78, 5) is 4.51. The molecule has 0 aliphatic heterocycles. The molecule has 0 radical (unpaired) electrons. The van der Waals surface area contributed by atoms with E-state index in [1.54, 1.807) is 0 Å². The van der Waals surface area contributed by atoms with Gasteiger partial charge in [0, 0.05) is 18.4 Å². The maximum atomic E-state index is 9.09. The number of imidazole rings is 1. The second-order valence-corrected chi connectivity index (χ2v) is 4.38. The molecule has 2 rings (SSSR count). The monoisotopic (exact) mass is 266 g/mol. The van der Waals surface area contributed by atoms with Gasteiger partial charge in [-0.05, 0) is 18.6 Å². The molecule has 1 heterocycles. The fraction of sp³-hybridized carbons (Fsp3) is 0.462. The Morgan fingerprint density at radius 3 is 2.94 bits per heavy atom. The van der Waals surface area contributed by atoms with Gasteiger partial charge in [-0.15, -0.1) is 0 Å². The smallest absolute Gasteiger partial charge is 0.121 e. The minimum Gasteiger partial charge on any atom is -0.494 e. The second kappa shape index (κ2) is 6.11. The Balaban J connectivity index is 2.38. The van der Waals surface area contributed by atoms with Crippen LogP contribution < -0.4 is 4.74 Å². The molecule has 0 fully saturated rings. The summed E-state index contributed by atoms with van der Waals surface area (Å²) in [6.07, 6.45) is 0.985. The molecule has 0 amide bonds. The molecule has 98 valence electrons. The van der Waals surface area contributed by atoms with Gasteiger partial charge < -0.3 is 14.4 Å². The number of benzene rings is 1. The van der Waals surface area contributed by atoms with Crippen LogP contribution in [-0.4, -0.2) is 27.9 Å². The van der Waals surface area contributed by atoms with Crippen LogP contribution in [0.4, 0.5) is 0 Å². The summed E-state index contributed by atoms with van der Waals surface area (Å²) in [5.41, 5.74) is 1.90. The van der Waals surface area contributed by atoms with E-state index in [9.17, 15) is 0 Å². The lowest BCUT2D eigenvalue weighted by Gasteiger charge is -2.06. The highest BCUT2D eigenvalue weighted by Gasteiger charge is 2.09. The second-order valence-electron chi connectivity index (χ2n) is 4.06. The van der Waals surface area contributed by atoms with Crippen molar-refractivity contribution >= 4 is 23.7 Å². The third kappa shape index (κ3) is 2.62. The van der Waals surface area contributed by atoms with E-state index in [0.717, 1.165) is 29.0 Å². The van der Waals surface area contributed by atoms with Crippen molar-refractivity contribution in [1.29, 1.82) is 0 Å². The van der Waals surface area contributed by atoms with E-state index in [2.05, 4.69) is 24.5 Å². The standard InChI is InChI=1S/C13H18N2O2S/c1-2-7-17-10-3-4-12-11(8-10)14-13(9-18)15(12)5-6-16/h3-4,8,16,18H,2,5-7,9H2,1H3. The Morgan fingerprint density at radius 1 is 1.44 bits per heavy atom. The zero-order valence-electron chi connectivity index (χ0n) is 10.5. The van der Waals surface area contributed by atoms with Crippen LogP contribution in [0.15, 0.2) is 18.2 Å². The fourth-order valence-electron chi connectivity index (χ4n) is 1.94. The van der Waals surface area contributed by atoms with Crippen molar-refractivity contribution in [3.05, 3.63) is 24.0 Å². The molecular weight excluding hydrogens is 248 g/mol. The largest absolute Gasteiger partial charge is 0.494 e. The maximum Gasteiger partial charge on any atom is 0.121 e.